The van der Waals surface area contributed by atoms with E-state index in [1.807, 2.05) is 13.0 Å². The van der Waals surface area contributed by atoms with Gasteiger partial charge in [-0.3, -0.25) is 4.57 Å². The van der Waals surface area contributed by atoms with Crippen molar-refractivity contribution in [2.24, 2.45) is 0 Å². The molecule has 0 aliphatic rings. The zero-order valence-corrected chi connectivity index (χ0v) is 8.74. The van der Waals surface area contributed by atoms with Gasteiger partial charge in [-0.2, -0.15) is 0 Å². The Bertz CT molecular complexity index is 299. The fourth-order valence-corrected chi connectivity index (χ4v) is 1.89. The molecule has 0 saturated heterocycles. The first-order valence-electron chi connectivity index (χ1n) is 4.09. The molecule has 0 saturated carbocycles. The third-order valence-corrected chi connectivity index (χ3v) is 2.91. The first-order chi connectivity index (χ1) is 6.27. The Kier molecular flexibility index (Phi) is 4.00. The summed E-state index contributed by atoms with van der Waals surface area (Å²) in [4.78, 5) is 0. The van der Waals surface area contributed by atoms with Crippen molar-refractivity contribution in [2.45, 2.75) is 6.92 Å². The van der Waals surface area contributed by atoms with Crippen LogP contribution in [0.15, 0.2) is 24.3 Å². The largest absolute Gasteiger partial charge is 0.497 e. The monoisotopic (exact) mass is 200 g/mol. The van der Waals surface area contributed by atoms with Gasteiger partial charge in [-0.15, -0.1) is 0 Å². The second kappa shape index (κ2) is 5.05. The second-order valence-electron chi connectivity index (χ2n) is 2.45. The lowest BCUT2D eigenvalue weighted by atomic mass is 10.3. The highest BCUT2D eigenvalue weighted by Crippen LogP contribution is 2.22. The van der Waals surface area contributed by atoms with E-state index in [9.17, 15) is 4.57 Å². The fourth-order valence-electron chi connectivity index (χ4n) is 0.964. The molecule has 0 fully saturated rings. The molecule has 0 spiro atoms. The van der Waals surface area contributed by atoms with Crippen LogP contribution in [0.5, 0.6) is 5.75 Å². The van der Waals surface area contributed by atoms with Crippen LogP contribution in [-0.4, -0.2) is 13.7 Å². The van der Waals surface area contributed by atoms with Crippen LogP contribution in [0.3, 0.4) is 0 Å². The van der Waals surface area contributed by atoms with Gasteiger partial charge in [-0.05, 0) is 25.1 Å². The molecule has 4 heteroatoms. The predicted octanol–water partition coefficient (Wildman–Crippen LogP) is 1.83. The third-order valence-electron chi connectivity index (χ3n) is 1.58. The number of rotatable bonds is 4. The highest BCUT2D eigenvalue weighted by atomic mass is 31.1. The summed E-state index contributed by atoms with van der Waals surface area (Å²) < 4.78 is 21.4. The second-order valence-corrected chi connectivity index (χ2v) is 3.89. The van der Waals surface area contributed by atoms with E-state index in [1.54, 1.807) is 25.3 Å². The molecule has 0 N–H and O–H groups in total. The Labute approximate surface area is 78.5 Å². The van der Waals surface area contributed by atoms with Crippen LogP contribution in [0.25, 0.3) is 0 Å². The maximum absolute atomic E-state index is 11.4. The van der Waals surface area contributed by atoms with E-state index in [2.05, 4.69) is 0 Å². The van der Waals surface area contributed by atoms with Crippen LogP contribution in [0.1, 0.15) is 6.92 Å². The van der Waals surface area contributed by atoms with E-state index in [0.717, 1.165) is 0 Å². The van der Waals surface area contributed by atoms with Crippen molar-refractivity contribution >= 4 is 13.3 Å². The molecule has 13 heavy (non-hydrogen) atoms. The van der Waals surface area contributed by atoms with E-state index in [1.165, 1.54) is 0 Å². The van der Waals surface area contributed by atoms with Gasteiger partial charge in [-0.1, -0.05) is 6.07 Å². The van der Waals surface area contributed by atoms with E-state index in [-0.39, 0.29) is 0 Å². The summed E-state index contributed by atoms with van der Waals surface area (Å²) in [5.74, 6) is 0.704. The Morgan fingerprint density at radius 1 is 1.46 bits per heavy atom. The van der Waals surface area contributed by atoms with Gasteiger partial charge in [-0.25, -0.2) is 0 Å². The number of benzene rings is 1. The average Bonchev–Trinajstić information content (AvgIpc) is 2.18. The minimum atomic E-state index is -2.08. The molecule has 3 nitrogen and oxygen atoms in total. The lowest BCUT2D eigenvalue weighted by molar-refractivity contribution is 0.357. The van der Waals surface area contributed by atoms with Crippen LogP contribution in [0, 0.1) is 0 Å². The van der Waals surface area contributed by atoms with Gasteiger partial charge < -0.3 is 9.26 Å². The standard InChI is InChI=1S/C9H13O3P/c1-3-12-13(10)9-6-4-5-8(7-9)11-2/h4-7,13H,3H2,1-2H3. The van der Waals surface area contributed by atoms with Crippen molar-refractivity contribution in [3.8, 4) is 5.75 Å². The Morgan fingerprint density at radius 2 is 2.23 bits per heavy atom. The lowest BCUT2D eigenvalue weighted by Gasteiger charge is -2.03. The molecule has 0 aromatic heterocycles. The third kappa shape index (κ3) is 2.87. The van der Waals surface area contributed by atoms with Crippen LogP contribution >= 0.6 is 8.03 Å². The van der Waals surface area contributed by atoms with E-state index >= 15 is 0 Å². The molecule has 0 aliphatic heterocycles. The zero-order chi connectivity index (χ0) is 9.68. The van der Waals surface area contributed by atoms with E-state index in [0.29, 0.717) is 17.7 Å². The molecule has 72 valence electrons. The normalized spacial score (nSPS) is 12.5. The van der Waals surface area contributed by atoms with Gasteiger partial charge in [0.05, 0.1) is 13.7 Å². The molecule has 0 radical (unpaired) electrons. The Balaban J connectivity index is 2.82. The summed E-state index contributed by atoms with van der Waals surface area (Å²) in [6, 6.07) is 7.12. The van der Waals surface area contributed by atoms with Crippen LogP contribution in [-0.2, 0) is 9.09 Å². The Hall–Kier alpha value is -0.790. The van der Waals surface area contributed by atoms with Gasteiger partial charge in [0, 0.05) is 5.30 Å². The molecule has 1 atom stereocenters. The molecular weight excluding hydrogens is 187 g/mol. The molecule has 0 aliphatic carbocycles. The highest BCUT2D eigenvalue weighted by Gasteiger charge is 2.03. The summed E-state index contributed by atoms with van der Waals surface area (Å²) in [6.45, 7) is 2.29. The number of hydrogen-bond acceptors (Lipinski definition) is 3. The van der Waals surface area contributed by atoms with Crippen LogP contribution < -0.4 is 10.0 Å². The fraction of sp³-hybridized carbons (Fsp3) is 0.333. The summed E-state index contributed by atoms with van der Waals surface area (Å²) in [7, 11) is -0.500. The molecule has 0 bridgehead atoms. The molecular formula is C9H13O3P. The number of methoxy groups -OCH3 is 1. The molecule has 0 heterocycles. The van der Waals surface area contributed by atoms with Crippen molar-refractivity contribution < 1.29 is 13.8 Å². The summed E-state index contributed by atoms with van der Waals surface area (Å²) in [5.41, 5.74) is 0. The lowest BCUT2D eigenvalue weighted by Crippen LogP contribution is -1.98. The van der Waals surface area contributed by atoms with Crippen molar-refractivity contribution in [3.63, 3.8) is 0 Å². The van der Waals surface area contributed by atoms with Gasteiger partial charge in [0.25, 0.3) is 0 Å². The molecule has 1 aromatic carbocycles. The maximum atomic E-state index is 11.4. The molecule has 1 unspecified atom stereocenters. The van der Waals surface area contributed by atoms with Gasteiger partial charge >= 0.3 is 0 Å². The van der Waals surface area contributed by atoms with Crippen molar-refractivity contribution in [2.75, 3.05) is 13.7 Å². The van der Waals surface area contributed by atoms with E-state index < -0.39 is 8.03 Å². The van der Waals surface area contributed by atoms with Crippen molar-refractivity contribution in [3.05, 3.63) is 24.3 Å². The first kappa shape index (κ1) is 10.3. The topological polar surface area (TPSA) is 35.5 Å². The van der Waals surface area contributed by atoms with E-state index in [4.69, 9.17) is 9.26 Å². The van der Waals surface area contributed by atoms with Gasteiger partial charge in [0.1, 0.15) is 5.75 Å². The molecule has 0 amide bonds. The maximum Gasteiger partial charge on any atom is 0.220 e. The van der Waals surface area contributed by atoms with Gasteiger partial charge in [0.15, 0.2) is 0 Å². The number of ether oxygens (including phenoxy) is 1. The Morgan fingerprint density at radius 3 is 2.85 bits per heavy atom. The minimum absolute atomic E-state index is 0.467. The smallest absolute Gasteiger partial charge is 0.220 e. The quantitative estimate of drug-likeness (QED) is 0.695. The molecule has 1 rings (SSSR count). The van der Waals surface area contributed by atoms with Crippen molar-refractivity contribution in [1.29, 1.82) is 0 Å². The van der Waals surface area contributed by atoms with Crippen LogP contribution in [0.2, 0.25) is 0 Å². The molecule has 1 aromatic rings. The van der Waals surface area contributed by atoms with Crippen molar-refractivity contribution in [1.82, 2.24) is 0 Å². The average molecular weight is 200 g/mol. The first-order valence-corrected chi connectivity index (χ1v) is 5.40. The minimum Gasteiger partial charge on any atom is -0.497 e. The SMILES string of the molecule is CCO[PH](=O)c1cccc(OC)c1. The summed E-state index contributed by atoms with van der Waals surface area (Å²) in [6.07, 6.45) is 0. The highest BCUT2D eigenvalue weighted by molar-refractivity contribution is 7.48. The summed E-state index contributed by atoms with van der Waals surface area (Å²) in [5, 5.41) is 0.700. The van der Waals surface area contributed by atoms with Crippen LogP contribution in [0.4, 0.5) is 0 Å². The predicted molar refractivity (Wildman–Crippen MR) is 53.3 cm³/mol. The summed E-state index contributed by atoms with van der Waals surface area (Å²) >= 11 is 0. The number of hydrogen-bond donors (Lipinski definition) is 0. The van der Waals surface area contributed by atoms with Gasteiger partial charge in [0.2, 0.25) is 8.03 Å². The zero-order valence-electron chi connectivity index (χ0n) is 7.74.